The molecule has 0 aliphatic heterocycles. The van der Waals surface area contributed by atoms with Crippen LogP contribution < -0.4 is 3.52 Å². The Labute approximate surface area is 135 Å². The third kappa shape index (κ3) is 14.6. The minimum atomic E-state index is 0.919. The van der Waals surface area contributed by atoms with Gasteiger partial charge in [0.15, 0.2) is 1.41 Å². The first kappa shape index (κ1) is 14.6. The minimum absolute atomic E-state index is 0.919. The Morgan fingerprint density at radius 1 is 0.600 bits per heavy atom. The lowest BCUT2D eigenvalue weighted by atomic mass is 10.5. The van der Waals surface area contributed by atoms with Gasteiger partial charge in [-0.2, -0.15) is 0 Å². The van der Waals surface area contributed by atoms with E-state index in [4.69, 9.17) is 7.84 Å². The molecule has 0 heterocycles. The van der Waals surface area contributed by atoms with Crippen molar-refractivity contribution in [1.29, 1.82) is 0 Å². The number of rotatable bonds is 0. The van der Waals surface area contributed by atoms with E-state index in [2.05, 4.69) is 101 Å². The van der Waals surface area contributed by atoms with Crippen LogP contribution in [0.15, 0.2) is 0 Å². The molecular weight excluding hydrogens is 357 g/mol. The number of terminal acetylenes is 1. The molecule has 0 aliphatic rings. The lowest BCUT2D eigenvalue weighted by Gasteiger charge is -1.65. The Morgan fingerprint density at radius 3 is 1.20 bits per heavy atom. The van der Waals surface area contributed by atoms with Gasteiger partial charge in [-0.3, -0.25) is 3.52 Å². The second-order valence-corrected chi connectivity index (χ2v) is 2.70. The fraction of sp³-hybridized carbons (Fsp3) is 0. The van der Waals surface area contributed by atoms with Gasteiger partial charge >= 0.3 is 0 Å². The maximum absolute atomic E-state index is 6.93. The fourth-order valence-electron chi connectivity index (χ4n) is 0.491. The van der Waals surface area contributed by atoms with Gasteiger partial charge in [0.05, 0.1) is 22.9 Å². The van der Waals surface area contributed by atoms with E-state index in [9.17, 15) is 0 Å². The molecule has 0 fully saturated rings. The summed E-state index contributed by atoms with van der Waals surface area (Å²) < 4.78 is 7.85. The average Bonchev–Trinajstić information content (AvgIpc) is 2.46. The highest BCUT2D eigenvalue weighted by Gasteiger charge is 1.58. The molecule has 0 aromatic carbocycles. The van der Waals surface area contributed by atoms with Crippen molar-refractivity contribution in [2.45, 2.75) is 0 Å². The predicted molar refractivity (Wildman–Crippen MR) is 88.2 cm³/mol. The Hall–Kier alpha value is -3.43. The van der Waals surface area contributed by atoms with Crippen LogP contribution in [0.4, 0.5) is 0 Å². The standard InChI is InChI=1S/C18H2IN/c1-2-3-4-5-6-7-8-9-10-11-12-13-14-15-16-17-18-20-19/h1,20H/i/hT. The van der Waals surface area contributed by atoms with Crippen LogP contribution in [0.1, 0.15) is 0 Å². The molecule has 0 saturated carbocycles. The van der Waals surface area contributed by atoms with Crippen LogP contribution >= 0.6 is 22.9 Å². The van der Waals surface area contributed by atoms with Crippen molar-refractivity contribution >= 4 is 22.9 Å². The molecule has 20 heavy (non-hydrogen) atoms. The fourth-order valence-corrected chi connectivity index (χ4v) is 0.612. The lowest BCUT2D eigenvalue weighted by molar-refractivity contribution is 1.61. The summed E-state index contributed by atoms with van der Waals surface area (Å²) in [7, 11) is 0. The summed E-state index contributed by atoms with van der Waals surface area (Å²) in [4.78, 5) is 0. The second kappa shape index (κ2) is 15.6. The third-order valence-electron chi connectivity index (χ3n) is 1.05. The van der Waals surface area contributed by atoms with E-state index >= 15 is 0 Å². The molecule has 0 rings (SSSR count). The number of halogens is 1. The van der Waals surface area contributed by atoms with Gasteiger partial charge in [0.1, 0.15) is 0 Å². The SMILES string of the molecule is [3H]N(I)C#CC#CC#CC#CC#CC#CC#CC#CC#C. The summed E-state index contributed by atoms with van der Waals surface area (Å²) in [5.74, 6) is 38.8. The minimum Gasteiger partial charge on any atom is -0.287 e. The molecule has 0 aromatic heterocycles. The van der Waals surface area contributed by atoms with Gasteiger partial charge in [0, 0.05) is 53.4 Å². The summed E-state index contributed by atoms with van der Waals surface area (Å²) in [6.45, 7) is 0. The lowest BCUT2D eigenvalue weighted by Crippen LogP contribution is -1.77. The average molecular weight is 361 g/mol. The third-order valence-corrected chi connectivity index (χ3v) is 1.29. The first-order valence-electron chi connectivity index (χ1n) is 5.13. The van der Waals surface area contributed by atoms with E-state index < -0.39 is 0 Å². The molecular formula is C18H2IN. The monoisotopic (exact) mass is 361 g/mol. The molecule has 2 heteroatoms. The molecule has 0 bridgehead atoms. The summed E-state index contributed by atoms with van der Waals surface area (Å²) in [5.41, 5.74) is 0. The van der Waals surface area contributed by atoms with Crippen LogP contribution in [0.2, 0.25) is 1.41 Å². The summed E-state index contributed by atoms with van der Waals surface area (Å²) >= 11 is 1.69. The van der Waals surface area contributed by atoms with Gasteiger partial charge in [-0.15, -0.1) is 6.42 Å². The second-order valence-electron chi connectivity index (χ2n) is 2.22. The topological polar surface area (TPSA) is 12.0 Å². The number of hydrogen-bond donors (Lipinski definition) is 1. The largest absolute Gasteiger partial charge is 0.287 e. The molecule has 0 atom stereocenters. The first-order valence-corrected chi connectivity index (χ1v) is 5.65. The van der Waals surface area contributed by atoms with Crippen molar-refractivity contribution < 1.29 is 1.41 Å². The molecule has 0 spiro atoms. The van der Waals surface area contributed by atoms with Gasteiger partial charge in [0.25, 0.3) is 0 Å². The van der Waals surface area contributed by atoms with E-state index in [0.717, 1.165) is 3.52 Å². The van der Waals surface area contributed by atoms with E-state index in [-0.39, 0.29) is 0 Å². The quantitative estimate of drug-likeness (QED) is 0.288. The predicted octanol–water partition coefficient (Wildman–Crippen LogP) is 0.544. The van der Waals surface area contributed by atoms with Crippen molar-refractivity contribution in [2.24, 2.45) is 0 Å². The van der Waals surface area contributed by atoms with E-state index in [1.807, 2.05) is 0 Å². The Bertz CT molecular complexity index is 919. The molecule has 0 aliphatic carbocycles. The van der Waals surface area contributed by atoms with E-state index in [1.54, 1.807) is 22.9 Å². The van der Waals surface area contributed by atoms with Crippen LogP contribution in [0, 0.1) is 107 Å². The van der Waals surface area contributed by atoms with Crippen molar-refractivity contribution in [3.8, 4) is 107 Å². The summed E-state index contributed by atoms with van der Waals surface area (Å²) in [5, 5.41) is 0. The Balaban J connectivity index is 4.33. The first-order chi connectivity index (χ1) is 10.3. The maximum Gasteiger partial charge on any atom is 0.183 e. The molecule has 0 radical (unpaired) electrons. The molecule has 0 amide bonds. The van der Waals surface area contributed by atoms with Crippen LogP contribution in [0.3, 0.4) is 0 Å². The van der Waals surface area contributed by atoms with Gasteiger partial charge in [-0.05, 0) is 47.4 Å². The highest BCUT2D eigenvalue weighted by atomic mass is 127. The van der Waals surface area contributed by atoms with Gasteiger partial charge in [-0.25, -0.2) is 0 Å². The van der Waals surface area contributed by atoms with Gasteiger partial charge in [-0.1, -0.05) is 0 Å². The zero-order valence-electron chi connectivity index (χ0n) is 10.9. The van der Waals surface area contributed by atoms with Gasteiger partial charge < -0.3 is 0 Å². The molecule has 1 nitrogen and oxygen atoms in total. The van der Waals surface area contributed by atoms with Crippen molar-refractivity contribution in [3.63, 3.8) is 0 Å². The van der Waals surface area contributed by atoms with Gasteiger partial charge in [0.2, 0.25) is 0 Å². The number of nitrogens with one attached hydrogen (secondary N) is 1. The maximum atomic E-state index is 6.93. The highest BCUT2D eigenvalue weighted by Crippen LogP contribution is 1.61. The molecule has 0 saturated heterocycles. The van der Waals surface area contributed by atoms with Crippen molar-refractivity contribution in [3.05, 3.63) is 0 Å². The van der Waals surface area contributed by atoms with Crippen LogP contribution in [-0.4, -0.2) is 0 Å². The zero-order valence-corrected chi connectivity index (χ0v) is 12.1. The van der Waals surface area contributed by atoms with E-state index in [0.29, 0.717) is 0 Å². The zero-order chi connectivity index (χ0) is 15.6. The summed E-state index contributed by atoms with van der Waals surface area (Å²) in [6.07, 6.45) is 4.89. The molecule has 0 aromatic rings. The van der Waals surface area contributed by atoms with E-state index in [1.165, 1.54) is 0 Å². The smallest absolute Gasteiger partial charge is 0.183 e. The number of hydrogen-bond acceptors (Lipinski definition) is 1. The highest BCUT2D eigenvalue weighted by molar-refractivity contribution is 14.1. The van der Waals surface area contributed by atoms with Crippen molar-refractivity contribution in [2.75, 3.05) is 0 Å². The normalized spacial score (nSPS) is 4.70. The van der Waals surface area contributed by atoms with Crippen LogP contribution in [-0.2, 0) is 0 Å². The molecule has 86 valence electrons. The molecule has 0 unspecified atom stereocenters. The Kier molecular flexibility index (Phi) is 11.4. The summed E-state index contributed by atoms with van der Waals surface area (Å²) in [6, 6.07) is 2.38. The Morgan fingerprint density at radius 2 is 0.900 bits per heavy atom. The van der Waals surface area contributed by atoms with Crippen molar-refractivity contribution in [1.82, 2.24) is 3.52 Å². The van der Waals surface area contributed by atoms with Crippen LogP contribution in [0.5, 0.6) is 0 Å². The van der Waals surface area contributed by atoms with Crippen LogP contribution in [0.25, 0.3) is 0 Å². The molecule has 1 N–H and O–H groups in total.